The van der Waals surface area contributed by atoms with Gasteiger partial charge < -0.3 is 10.2 Å². The molecule has 0 aliphatic carbocycles. The molecule has 30 heavy (non-hydrogen) atoms. The smallest absolute Gasteiger partial charge is 0.278 e. The maximum absolute atomic E-state index is 13.2. The normalized spacial score (nSPS) is 16.9. The van der Waals surface area contributed by atoms with Gasteiger partial charge in [0.15, 0.2) is 6.04 Å². The van der Waals surface area contributed by atoms with E-state index in [9.17, 15) is 13.2 Å². The second kappa shape index (κ2) is 9.29. The zero-order valence-corrected chi connectivity index (χ0v) is 19.1. The van der Waals surface area contributed by atoms with Crippen molar-refractivity contribution in [3.05, 3.63) is 64.7 Å². The molecule has 0 spiro atoms. The first-order valence-electron chi connectivity index (χ1n) is 10.4. The summed E-state index contributed by atoms with van der Waals surface area (Å²) in [5.74, 6) is -0.00427. The number of carbonyl (C=O) groups excluding carboxylic acids is 1. The van der Waals surface area contributed by atoms with Gasteiger partial charge in [-0.15, -0.1) is 0 Å². The Labute approximate surface area is 179 Å². The van der Waals surface area contributed by atoms with E-state index in [-0.39, 0.29) is 11.9 Å². The molecule has 0 unspecified atom stereocenters. The number of piperazine rings is 1. The van der Waals surface area contributed by atoms with Crippen molar-refractivity contribution >= 4 is 15.9 Å². The molecular weight excluding hydrogens is 398 g/mol. The first-order valence-corrected chi connectivity index (χ1v) is 11.9. The molecule has 1 heterocycles. The monoisotopic (exact) mass is 430 g/mol. The number of nitrogens with one attached hydrogen (secondary N) is 2. The number of rotatable bonds is 6. The molecule has 3 rings (SSSR count). The van der Waals surface area contributed by atoms with Crippen LogP contribution in [0.5, 0.6) is 0 Å². The highest BCUT2D eigenvalue weighted by Crippen LogP contribution is 2.25. The van der Waals surface area contributed by atoms with E-state index < -0.39 is 10.0 Å². The van der Waals surface area contributed by atoms with Crippen molar-refractivity contribution in [3.63, 3.8) is 0 Å². The van der Waals surface area contributed by atoms with E-state index in [1.807, 2.05) is 70.2 Å². The summed E-state index contributed by atoms with van der Waals surface area (Å²) in [6.45, 7) is 10.2. The molecule has 1 amide bonds. The number of hydrogen-bond donors (Lipinski definition) is 2. The number of benzene rings is 2. The largest absolute Gasteiger partial charge is 0.347 e. The highest BCUT2D eigenvalue weighted by molar-refractivity contribution is 7.89. The van der Waals surface area contributed by atoms with Crippen LogP contribution in [0.15, 0.2) is 47.4 Å². The minimum atomic E-state index is -3.54. The number of quaternary nitrogens is 1. The van der Waals surface area contributed by atoms with Gasteiger partial charge in [-0.3, -0.25) is 4.79 Å². The summed E-state index contributed by atoms with van der Waals surface area (Å²) >= 11 is 0. The van der Waals surface area contributed by atoms with Crippen LogP contribution >= 0.6 is 0 Å². The van der Waals surface area contributed by atoms with Crippen LogP contribution < -0.4 is 10.2 Å². The lowest BCUT2D eigenvalue weighted by molar-refractivity contribution is -0.917. The molecule has 1 fully saturated rings. The lowest BCUT2D eigenvalue weighted by atomic mass is 10.1. The molecule has 162 valence electrons. The van der Waals surface area contributed by atoms with Crippen molar-refractivity contribution in [1.29, 1.82) is 0 Å². The van der Waals surface area contributed by atoms with Crippen LogP contribution in [0.3, 0.4) is 0 Å². The van der Waals surface area contributed by atoms with Crippen LogP contribution in [0.4, 0.5) is 0 Å². The molecular formula is C23H32N3O3S+. The van der Waals surface area contributed by atoms with Crippen LogP contribution in [-0.2, 0) is 21.4 Å². The Balaban J connectivity index is 1.60. The van der Waals surface area contributed by atoms with Crippen LogP contribution in [0.25, 0.3) is 0 Å². The summed E-state index contributed by atoms with van der Waals surface area (Å²) in [5, 5.41) is 2.99. The van der Waals surface area contributed by atoms with Gasteiger partial charge in [0.25, 0.3) is 5.91 Å². The van der Waals surface area contributed by atoms with E-state index in [0.717, 1.165) is 27.2 Å². The second-order valence-corrected chi connectivity index (χ2v) is 10.1. The van der Waals surface area contributed by atoms with E-state index in [4.69, 9.17) is 0 Å². The Morgan fingerprint density at radius 2 is 1.63 bits per heavy atom. The predicted octanol–water partition coefficient (Wildman–Crippen LogP) is 1.21. The summed E-state index contributed by atoms with van der Waals surface area (Å²) < 4.78 is 28.1. The second-order valence-electron chi connectivity index (χ2n) is 8.22. The van der Waals surface area contributed by atoms with Crippen LogP contribution in [-0.4, -0.2) is 50.9 Å². The maximum Gasteiger partial charge on any atom is 0.278 e. The molecule has 1 atom stereocenters. The number of amides is 1. The van der Waals surface area contributed by atoms with Gasteiger partial charge in [-0.1, -0.05) is 48.0 Å². The average Bonchev–Trinajstić information content (AvgIpc) is 2.71. The lowest BCUT2D eigenvalue weighted by Crippen LogP contribution is -3.19. The van der Waals surface area contributed by atoms with Crippen molar-refractivity contribution in [3.8, 4) is 0 Å². The van der Waals surface area contributed by atoms with Gasteiger partial charge in [0, 0.05) is 6.54 Å². The fraction of sp³-hybridized carbons (Fsp3) is 0.435. The zero-order chi connectivity index (χ0) is 21.9. The van der Waals surface area contributed by atoms with E-state index >= 15 is 0 Å². The first-order chi connectivity index (χ1) is 14.2. The van der Waals surface area contributed by atoms with E-state index in [0.29, 0.717) is 37.6 Å². The zero-order valence-electron chi connectivity index (χ0n) is 18.2. The molecule has 1 aliphatic rings. The number of carbonyl (C=O) groups is 1. The van der Waals surface area contributed by atoms with E-state index in [1.165, 1.54) is 0 Å². The minimum absolute atomic E-state index is 0.00427. The van der Waals surface area contributed by atoms with Gasteiger partial charge in [0.05, 0.1) is 31.1 Å². The Bertz CT molecular complexity index is 975. The maximum atomic E-state index is 13.2. The fourth-order valence-corrected chi connectivity index (χ4v) is 6.13. The molecule has 0 saturated carbocycles. The molecule has 0 bridgehead atoms. The molecule has 1 saturated heterocycles. The van der Waals surface area contributed by atoms with Gasteiger partial charge in [0.2, 0.25) is 10.0 Å². The Morgan fingerprint density at radius 1 is 1.07 bits per heavy atom. The van der Waals surface area contributed by atoms with Crippen molar-refractivity contribution < 1.29 is 18.1 Å². The number of aryl methyl sites for hydroxylation is 3. The predicted molar refractivity (Wildman–Crippen MR) is 118 cm³/mol. The highest BCUT2D eigenvalue weighted by Gasteiger charge is 2.35. The summed E-state index contributed by atoms with van der Waals surface area (Å²) in [6.07, 6.45) is 0. The summed E-state index contributed by atoms with van der Waals surface area (Å²) in [6, 6.07) is 13.4. The molecule has 2 N–H and O–H groups in total. The topological polar surface area (TPSA) is 70.9 Å². The van der Waals surface area contributed by atoms with Gasteiger partial charge in [0.1, 0.15) is 0 Å². The average molecular weight is 431 g/mol. The minimum Gasteiger partial charge on any atom is -0.347 e. The summed E-state index contributed by atoms with van der Waals surface area (Å²) in [7, 11) is -3.54. The first kappa shape index (κ1) is 22.5. The lowest BCUT2D eigenvalue weighted by Gasteiger charge is -2.34. The Hall–Kier alpha value is -2.22. The highest BCUT2D eigenvalue weighted by atomic mass is 32.2. The van der Waals surface area contributed by atoms with Gasteiger partial charge in [-0.2, -0.15) is 4.31 Å². The SMILES string of the molecule is Cc1cc(C)c(S(=O)(=O)N2CC[NH+]([C@H](C)C(=O)NCc3ccccc3)CC2)c(C)c1. The molecule has 0 radical (unpaired) electrons. The molecule has 0 aromatic heterocycles. The van der Waals surface area contributed by atoms with Gasteiger partial charge in [-0.25, -0.2) is 8.42 Å². The van der Waals surface area contributed by atoms with Crippen LogP contribution in [0, 0.1) is 20.8 Å². The van der Waals surface area contributed by atoms with Gasteiger partial charge >= 0.3 is 0 Å². The van der Waals surface area contributed by atoms with Crippen molar-refractivity contribution in [1.82, 2.24) is 9.62 Å². The van der Waals surface area contributed by atoms with Crippen LogP contribution in [0.1, 0.15) is 29.2 Å². The van der Waals surface area contributed by atoms with Crippen LogP contribution in [0.2, 0.25) is 0 Å². The molecule has 1 aliphatic heterocycles. The number of sulfonamides is 1. The van der Waals surface area contributed by atoms with Crippen molar-refractivity contribution in [2.75, 3.05) is 26.2 Å². The Kier molecular flexibility index (Phi) is 6.95. The van der Waals surface area contributed by atoms with Crippen molar-refractivity contribution in [2.45, 2.75) is 45.2 Å². The quantitative estimate of drug-likeness (QED) is 0.724. The molecule has 2 aromatic carbocycles. The third-order valence-corrected chi connectivity index (χ3v) is 8.09. The van der Waals surface area contributed by atoms with E-state index in [2.05, 4.69) is 5.32 Å². The van der Waals surface area contributed by atoms with Crippen molar-refractivity contribution in [2.24, 2.45) is 0 Å². The summed E-state index contributed by atoms with van der Waals surface area (Å²) in [5.41, 5.74) is 3.70. The summed E-state index contributed by atoms with van der Waals surface area (Å²) in [4.78, 5) is 14.1. The fourth-order valence-electron chi connectivity index (χ4n) is 4.27. The standard InChI is InChI=1S/C23H31N3O3S/c1-17-14-18(2)22(19(3)15-17)30(28,29)26-12-10-25(11-13-26)20(4)23(27)24-16-21-8-6-5-7-9-21/h5-9,14-15,20H,10-13,16H2,1-4H3,(H,24,27)/p+1/t20-/m1/s1. The third kappa shape index (κ3) is 4.91. The number of hydrogen-bond acceptors (Lipinski definition) is 3. The molecule has 2 aromatic rings. The number of nitrogens with zero attached hydrogens (tertiary/aromatic N) is 1. The Morgan fingerprint density at radius 3 is 2.20 bits per heavy atom. The van der Waals surface area contributed by atoms with E-state index in [1.54, 1.807) is 4.31 Å². The third-order valence-electron chi connectivity index (χ3n) is 5.88. The van der Waals surface area contributed by atoms with Gasteiger partial charge in [-0.05, 0) is 44.4 Å². The molecule has 7 heteroatoms. The molecule has 6 nitrogen and oxygen atoms in total.